The Bertz CT molecular complexity index is 625. The quantitative estimate of drug-likeness (QED) is 0.238. The van der Waals surface area contributed by atoms with Crippen LogP contribution >= 0.6 is 0 Å². The number of benzene rings is 2. The van der Waals surface area contributed by atoms with Crippen LogP contribution in [0.25, 0.3) is 11.1 Å². The second kappa shape index (κ2) is 5.47. The Kier molecular flexibility index (Phi) is 3.74. The van der Waals surface area contributed by atoms with E-state index in [-0.39, 0.29) is 0 Å². The van der Waals surface area contributed by atoms with Crippen molar-refractivity contribution in [2.75, 3.05) is 16.5 Å². The molecule has 0 aromatic heterocycles. The van der Waals surface area contributed by atoms with E-state index in [2.05, 4.69) is 0 Å². The summed E-state index contributed by atoms with van der Waals surface area (Å²) in [6.45, 7) is 0. The van der Waals surface area contributed by atoms with Gasteiger partial charge in [-0.3, -0.25) is 5.43 Å². The number of carbonyl (C=O) groups is 1. The summed E-state index contributed by atoms with van der Waals surface area (Å²) < 4.78 is 0. The van der Waals surface area contributed by atoms with Gasteiger partial charge in [-0.1, -0.05) is 18.2 Å². The summed E-state index contributed by atoms with van der Waals surface area (Å²) in [5, 5.41) is 0.857. The minimum absolute atomic E-state index is 0.363. The standard InChI is InChI=1S/C13H16N6O/c14-10-4-1-8(2-5-10)9-3-6-11(15)12(7-9)19(17)13(20)18-16/h1-7H,14-17H2,(H,18,20). The second-order valence-corrected chi connectivity index (χ2v) is 4.22. The Morgan fingerprint density at radius 1 is 1.00 bits per heavy atom. The van der Waals surface area contributed by atoms with Crippen LogP contribution in [0.15, 0.2) is 42.5 Å². The Morgan fingerprint density at radius 3 is 2.20 bits per heavy atom. The van der Waals surface area contributed by atoms with E-state index in [4.69, 9.17) is 23.2 Å². The lowest BCUT2D eigenvalue weighted by atomic mass is 10.0. The van der Waals surface area contributed by atoms with Crippen molar-refractivity contribution in [3.8, 4) is 11.1 Å². The zero-order valence-corrected chi connectivity index (χ0v) is 10.7. The first-order valence-electron chi connectivity index (χ1n) is 5.83. The molecular weight excluding hydrogens is 256 g/mol. The van der Waals surface area contributed by atoms with Gasteiger partial charge < -0.3 is 11.5 Å². The van der Waals surface area contributed by atoms with Crippen LogP contribution in [-0.2, 0) is 0 Å². The zero-order chi connectivity index (χ0) is 14.7. The van der Waals surface area contributed by atoms with E-state index in [1.807, 2.05) is 23.6 Å². The molecular formula is C13H16N6O. The molecule has 2 amide bonds. The van der Waals surface area contributed by atoms with Gasteiger partial charge in [0.1, 0.15) is 0 Å². The Hall–Kier alpha value is -2.77. The van der Waals surface area contributed by atoms with E-state index < -0.39 is 6.03 Å². The minimum atomic E-state index is -0.661. The minimum Gasteiger partial charge on any atom is -0.399 e. The predicted octanol–water partition coefficient (Wildman–Crippen LogP) is 0.781. The maximum absolute atomic E-state index is 11.4. The van der Waals surface area contributed by atoms with Gasteiger partial charge in [0.25, 0.3) is 0 Å². The van der Waals surface area contributed by atoms with Gasteiger partial charge in [0.2, 0.25) is 0 Å². The van der Waals surface area contributed by atoms with E-state index in [0.717, 1.165) is 16.1 Å². The molecule has 0 aliphatic carbocycles. The van der Waals surface area contributed by atoms with Crippen molar-refractivity contribution in [1.82, 2.24) is 5.43 Å². The summed E-state index contributed by atoms with van der Waals surface area (Å²) in [7, 11) is 0. The van der Waals surface area contributed by atoms with Crippen LogP contribution in [0.4, 0.5) is 21.9 Å². The lowest BCUT2D eigenvalue weighted by Gasteiger charge is -2.18. The molecule has 104 valence electrons. The predicted molar refractivity (Wildman–Crippen MR) is 80.1 cm³/mol. The average Bonchev–Trinajstić information content (AvgIpc) is 2.47. The SMILES string of the molecule is NNC(=O)N(N)c1cc(-c2ccc(N)cc2)ccc1N. The largest absolute Gasteiger partial charge is 0.399 e. The van der Waals surface area contributed by atoms with Gasteiger partial charge in [-0.2, -0.15) is 0 Å². The molecule has 0 aliphatic heterocycles. The van der Waals surface area contributed by atoms with Gasteiger partial charge in [0.15, 0.2) is 0 Å². The number of anilines is 3. The first-order valence-corrected chi connectivity index (χ1v) is 5.83. The van der Waals surface area contributed by atoms with Crippen LogP contribution in [0.3, 0.4) is 0 Å². The van der Waals surface area contributed by atoms with Crippen molar-refractivity contribution >= 4 is 23.1 Å². The smallest absolute Gasteiger partial charge is 0.350 e. The van der Waals surface area contributed by atoms with Crippen molar-refractivity contribution in [2.24, 2.45) is 11.7 Å². The number of carbonyl (C=O) groups excluding carboxylic acids is 1. The van der Waals surface area contributed by atoms with Crippen LogP contribution in [0.1, 0.15) is 0 Å². The van der Waals surface area contributed by atoms with E-state index in [0.29, 0.717) is 17.1 Å². The molecule has 0 saturated carbocycles. The first kappa shape index (κ1) is 13.7. The molecule has 2 aromatic carbocycles. The number of hydrazine groups is 2. The topological polar surface area (TPSA) is 136 Å². The van der Waals surface area contributed by atoms with Crippen molar-refractivity contribution in [1.29, 1.82) is 0 Å². The summed E-state index contributed by atoms with van der Waals surface area (Å²) in [6, 6.07) is 11.9. The molecule has 0 atom stereocenters. The van der Waals surface area contributed by atoms with Gasteiger partial charge in [-0.05, 0) is 35.4 Å². The molecule has 0 spiro atoms. The number of hydrogen-bond donors (Lipinski definition) is 5. The summed E-state index contributed by atoms with van der Waals surface area (Å²) in [6.07, 6.45) is 0. The van der Waals surface area contributed by atoms with E-state index in [1.165, 1.54) is 0 Å². The van der Waals surface area contributed by atoms with Crippen molar-refractivity contribution < 1.29 is 4.79 Å². The van der Waals surface area contributed by atoms with Crippen molar-refractivity contribution in [2.45, 2.75) is 0 Å². The molecule has 0 unspecified atom stereocenters. The highest BCUT2D eigenvalue weighted by Gasteiger charge is 2.14. The van der Waals surface area contributed by atoms with Gasteiger partial charge >= 0.3 is 6.03 Å². The van der Waals surface area contributed by atoms with Gasteiger partial charge in [-0.25, -0.2) is 21.5 Å². The third-order valence-electron chi connectivity index (χ3n) is 2.88. The molecule has 0 aliphatic rings. The lowest BCUT2D eigenvalue weighted by molar-refractivity contribution is 0.246. The third-order valence-corrected chi connectivity index (χ3v) is 2.88. The summed E-state index contributed by atoms with van der Waals surface area (Å²) in [4.78, 5) is 11.4. The van der Waals surface area contributed by atoms with Gasteiger partial charge in [0, 0.05) is 5.69 Å². The number of nitrogens with one attached hydrogen (secondary N) is 1. The number of amides is 2. The molecule has 2 rings (SSSR count). The third kappa shape index (κ3) is 2.63. The van der Waals surface area contributed by atoms with E-state index >= 15 is 0 Å². The normalized spacial score (nSPS) is 10.1. The van der Waals surface area contributed by atoms with Crippen LogP contribution in [0.2, 0.25) is 0 Å². The lowest BCUT2D eigenvalue weighted by Crippen LogP contribution is -2.47. The van der Waals surface area contributed by atoms with E-state index in [1.54, 1.807) is 24.3 Å². The Balaban J connectivity index is 2.43. The second-order valence-electron chi connectivity index (χ2n) is 4.22. The molecule has 7 heteroatoms. The fourth-order valence-corrected chi connectivity index (χ4v) is 1.79. The number of nitrogens with zero attached hydrogens (tertiary/aromatic N) is 1. The molecule has 0 heterocycles. The molecule has 0 fully saturated rings. The number of rotatable bonds is 2. The molecule has 0 bridgehead atoms. The molecule has 2 aromatic rings. The average molecular weight is 272 g/mol. The maximum Gasteiger partial charge on any atom is 0.350 e. The van der Waals surface area contributed by atoms with Crippen molar-refractivity contribution in [3.05, 3.63) is 42.5 Å². The summed E-state index contributed by atoms with van der Waals surface area (Å²) in [5.74, 6) is 10.7. The fourth-order valence-electron chi connectivity index (χ4n) is 1.79. The number of nitrogens with two attached hydrogens (primary N) is 4. The van der Waals surface area contributed by atoms with Gasteiger partial charge in [-0.15, -0.1) is 0 Å². The Labute approximate surface area is 116 Å². The maximum atomic E-state index is 11.4. The molecule has 0 radical (unpaired) electrons. The molecule has 0 saturated heterocycles. The number of hydrogen-bond acceptors (Lipinski definition) is 5. The zero-order valence-electron chi connectivity index (χ0n) is 10.7. The fraction of sp³-hybridized carbons (Fsp3) is 0. The molecule has 9 N–H and O–H groups in total. The van der Waals surface area contributed by atoms with Crippen LogP contribution in [-0.4, -0.2) is 6.03 Å². The van der Waals surface area contributed by atoms with Gasteiger partial charge in [0.05, 0.1) is 11.4 Å². The van der Waals surface area contributed by atoms with E-state index in [9.17, 15) is 4.79 Å². The summed E-state index contributed by atoms with van der Waals surface area (Å²) in [5.41, 5.74) is 16.6. The van der Waals surface area contributed by atoms with Crippen LogP contribution in [0, 0.1) is 0 Å². The highest BCUT2D eigenvalue weighted by molar-refractivity contribution is 5.94. The monoisotopic (exact) mass is 272 g/mol. The first-order chi connectivity index (χ1) is 9.52. The number of nitrogen functional groups attached to an aromatic ring is 2. The van der Waals surface area contributed by atoms with Crippen molar-refractivity contribution in [3.63, 3.8) is 0 Å². The summed E-state index contributed by atoms with van der Waals surface area (Å²) >= 11 is 0. The Morgan fingerprint density at radius 2 is 1.60 bits per heavy atom. The molecule has 7 nitrogen and oxygen atoms in total. The number of urea groups is 1. The van der Waals surface area contributed by atoms with Crippen LogP contribution in [0.5, 0.6) is 0 Å². The molecule has 20 heavy (non-hydrogen) atoms. The van der Waals surface area contributed by atoms with Crippen LogP contribution < -0.4 is 33.6 Å². The highest BCUT2D eigenvalue weighted by Crippen LogP contribution is 2.29. The highest BCUT2D eigenvalue weighted by atomic mass is 16.2.